The molecule has 2 N–H and O–H groups in total. The topological polar surface area (TPSA) is 119 Å². The maximum absolute atomic E-state index is 14.0. The third kappa shape index (κ3) is 9.15. The summed E-state index contributed by atoms with van der Waals surface area (Å²) in [7, 11) is 0. The molecule has 2 aromatic carbocycles. The summed E-state index contributed by atoms with van der Waals surface area (Å²) in [6, 6.07) is 13.3. The van der Waals surface area contributed by atoms with Crippen LogP contribution in [0.25, 0.3) is 6.08 Å². The summed E-state index contributed by atoms with van der Waals surface area (Å²) in [5.74, 6) is -2.33. The van der Waals surface area contributed by atoms with E-state index in [1.165, 1.54) is 0 Å². The van der Waals surface area contributed by atoms with E-state index in [2.05, 4.69) is 10.6 Å². The Labute approximate surface area is 275 Å². The van der Waals surface area contributed by atoms with Crippen LogP contribution >= 0.6 is 11.6 Å². The zero-order valence-corrected chi connectivity index (χ0v) is 27.0. The second kappa shape index (κ2) is 16.2. The number of ether oxygens (including phenoxy) is 1. The van der Waals surface area contributed by atoms with Crippen molar-refractivity contribution >= 4 is 46.8 Å². The molecule has 0 aromatic heterocycles. The molecule has 1 aliphatic heterocycles. The maximum Gasteiger partial charge on any atom is 0.289 e. The summed E-state index contributed by atoms with van der Waals surface area (Å²) in [5.41, 5.74) is 2.00. The van der Waals surface area contributed by atoms with Crippen LogP contribution in [-0.2, 0) is 30.5 Å². The molecule has 9 heteroatoms. The SMILES string of the molecule is O=C(CC(CC1CCCCC1)C(=O)N[C@@H](C[C@@H]1CCCCC1=O)C(=O)C(=O)NCc1ccccc1)C1=Cc2cc(Cl)ccc2OC1. The number of halogens is 1. The van der Waals surface area contributed by atoms with Gasteiger partial charge in [-0.3, -0.25) is 24.0 Å². The van der Waals surface area contributed by atoms with Crippen molar-refractivity contribution in [1.29, 1.82) is 0 Å². The first-order valence-electron chi connectivity index (χ1n) is 16.6. The Morgan fingerprint density at radius 2 is 1.67 bits per heavy atom. The zero-order valence-electron chi connectivity index (χ0n) is 26.2. The molecule has 0 bridgehead atoms. The predicted octanol–water partition coefficient (Wildman–Crippen LogP) is 6.18. The predicted molar refractivity (Wildman–Crippen MR) is 176 cm³/mol. The van der Waals surface area contributed by atoms with E-state index in [9.17, 15) is 24.0 Å². The first-order valence-corrected chi connectivity index (χ1v) is 17.0. The fourth-order valence-electron chi connectivity index (χ4n) is 6.91. The van der Waals surface area contributed by atoms with Gasteiger partial charge in [-0.1, -0.05) is 80.5 Å². The van der Waals surface area contributed by atoms with Crippen molar-refractivity contribution in [3.63, 3.8) is 0 Å². The number of carbonyl (C=O) groups excluding carboxylic acids is 5. The van der Waals surface area contributed by atoms with Crippen LogP contribution in [0.4, 0.5) is 0 Å². The largest absolute Gasteiger partial charge is 0.488 e. The standard InChI is InChI=1S/C37H43ClN2O6/c38-30-15-16-34-27(19-30)18-29(23-46-34)33(42)21-28(17-24-9-3-1-4-10-24)36(44)40-31(20-26-13-7-8-14-32(26)41)35(43)37(45)39-22-25-11-5-2-6-12-25/h2,5-6,11-12,15-16,18-19,24,26,28,31H,1,3-4,7-10,13-14,17,20-23H2,(H,39,45)(H,40,44)/t26-,28?,31-/m0/s1. The number of carbonyl (C=O) groups is 5. The molecule has 3 aliphatic rings. The fourth-order valence-corrected chi connectivity index (χ4v) is 7.09. The zero-order chi connectivity index (χ0) is 32.5. The van der Waals surface area contributed by atoms with Crippen LogP contribution in [0, 0.1) is 17.8 Å². The highest BCUT2D eigenvalue weighted by Gasteiger charge is 2.36. The van der Waals surface area contributed by atoms with Gasteiger partial charge in [0.05, 0.1) is 6.04 Å². The van der Waals surface area contributed by atoms with E-state index in [-0.39, 0.29) is 43.5 Å². The number of amides is 2. The van der Waals surface area contributed by atoms with Crippen molar-refractivity contribution in [3.8, 4) is 5.75 Å². The lowest BCUT2D eigenvalue weighted by Gasteiger charge is -2.29. The maximum atomic E-state index is 14.0. The highest BCUT2D eigenvalue weighted by molar-refractivity contribution is 6.38. The van der Waals surface area contributed by atoms with E-state index in [4.69, 9.17) is 16.3 Å². The number of benzene rings is 2. The molecule has 1 unspecified atom stereocenters. The highest BCUT2D eigenvalue weighted by Crippen LogP contribution is 2.33. The Morgan fingerprint density at radius 1 is 0.913 bits per heavy atom. The molecule has 2 aliphatic carbocycles. The van der Waals surface area contributed by atoms with Crippen LogP contribution in [0.2, 0.25) is 5.02 Å². The third-order valence-corrected chi connectivity index (χ3v) is 9.78. The molecule has 244 valence electrons. The van der Waals surface area contributed by atoms with Crippen LogP contribution in [0.3, 0.4) is 0 Å². The number of ketones is 3. The molecule has 3 atom stereocenters. The Morgan fingerprint density at radius 3 is 2.43 bits per heavy atom. The lowest BCUT2D eigenvalue weighted by molar-refractivity contribution is -0.141. The van der Waals surface area contributed by atoms with E-state index in [0.717, 1.165) is 50.5 Å². The Balaban J connectivity index is 1.33. The van der Waals surface area contributed by atoms with Crippen LogP contribution in [-0.4, -0.2) is 41.8 Å². The monoisotopic (exact) mass is 646 g/mol. The smallest absolute Gasteiger partial charge is 0.289 e. The number of nitrogens with one attached hydrogen (secondary N) is 2. The molecular formula is C37H43ClN2O6. The minimum absolute atomic E-state index is 0.0447. The van der Waals surface area contributed by atoms with Gasteiger partial charge < -0.3 is 15.4 Å². The van der Waals surface area contributed by atoms with Crippen LogP contribution in [0.1, 0.15) is 88.2 Å². The molecule has 0 radical (unpaired) electrons. The van der Waals surface area contributed by atoms with Crippen molar-refractivity contribution in [2.75, 3.05) is 6.61 Å². The molecule has 2 aromatic rings. The van der Waals surface area contributed by atoms with Gasteiger partial charge in [0.25, 0.3) is 5.91 Å². The van der Waals surface area contributed by atoms with Gasteiger partial charge in [0, 0.05) is 47.4 Å². The summed E-state index contributed by atoms with van der Waals surface area (Å²) in [6.45, 7) is 0.260. The highest BCUT2D eigenvalue weighted by atomic mass is 35.5. The van der Waals surface area contributed by atoms with Gasteiger partial charge in [0.1, 0.15) is 18.1 Å². The number of hydrogen-bond acceptors (Lipinski definition) is 6. The Bertz CT molecular complexity index is 1470. The fraction of sp³-hybridized carbons (Fsp3) is 0.486. The summed E-state index contributed by atoms with van der Waals surface area (Å²) < 4.78 is 5.81. The molecule has 5 rings (SSSR count). The molecular weight excluding hydrogens is 604 g/mol. The van der Waals surface area contributed by atoms with E-state index in [1.807, 2.05) is 30.3 Å². The van der Waals surface area contributed by atoms with Crippen molar-refractivity contribution < 1.29 is 28.7 Å². The minimum atomic E-state index is -1.16. The minimum Gasteiger partial charge on any atom is -0.488 e. The Kier molecular flexibility index (Phi) is 11.8. The number of fused-ring (bicyclic) bond motifs is 1. The van der Waals surface area contributed by atoms with Crippen LogP contribution < -0.4 is 15.4 Å². The van der Waals surface area contributed by atoms with Crippen LogP contribution in [0.15, 0.2) is 54.1 Å². The molecule has 2 fully saturated rings. The van der Waals surface area contributed by atoms with Gasteiger partial charge in [0.15, 0.2) is 5.78 Å². The van der Waals surface area contributed by atoms with Gasteiger partial charge in [-0.25, -0.2) is 0 Å². The van der Waals surface area contributed by atoms with Gasteiger partial charge in [-0.15, -0.1) is 0 Å². The lowest BCUT2D eigenvalue weighted by Crippen LogP contribution is -2.50. The second-order valence-corrected chi connectivity index (χ2v) is 13.4. The summed E-state index contributed by atoms with van der Waals surface area (Å²) in [5, 5.41) is 6.07. The van der Waals surface area contributed by atoms with Gasteiger partial charge in [0.2, 0.25) is 11.7 Å². The first-order chi connectivity index (χ1) is 22.3. The number of hydrogen-bond donors (Lipinski definition) is 2. The average molecular weight is 647 g/mol. The normalized spacial score (nSPS) is 19.5. The molecule has 0 saturated heterocycles. The summed E-state index contributed by atoms with van der Waals surface area (Å²) in [4.78, 5) is 67.0. The van der Waals surface area contributed by atoms with Gasteiger partial charge in [-0.2, -0.15) is 0 Å². The first kappa shape index (κ1) is 33.6. The van der Waals surface area contributed by atoms with Crippen molar-refractivity contribution in [1.82, 2.24) is 10.6 Å². The third-order valence-electron chi connectivity index (χ3n) is 9.54. The molecule has 2 amide bonds. The van der Waals surface area contributed by atoms with Crippen molar-refractivity contribution in [2.45, 2.75) is 89.6 Å². The van der Waals surface area contributed by atoms with Gasteiger partial charge >= 0.3 is 0 Å². The van der Waals surface area contributed by atoms with E-state index < -0.39 is 35.5 Å². The van der Waals surface area contributed by atoms with Crippen molar-refractivity contribution in [2.24, 2.45) is 17.8 Å². The number of Topliss-reactive ketones (excluding diaryl/α,β-unsaturated/α-hetero) is 3. The molecule has 1 heterocycles. The molecule has 8 nitrogen and oxygen atoms in total. The molecule has 2 saturated carbocycles. The van der Waals surface area contributed by atoms with E-state index in [0.29, 0.717) is 41.2 Å². The number of rotatable bonds is 13. The van der Waals surface area contributed by atoms with Crippen LogP contribution in [0.5, 0.6) is 5.75 Å². The summed E-state index contributed by atoms with van der Waals surface area (Å²) in [6.07, 6.45) is 10.3. The van der Waals surface area contributed by atoms with E-state index in [1.54, 1.807) is 24.3 Å². The van der Waals surface area contributed by atoms with Gasteiger partial charge in [-0.05, 0) is 61.4 Å². The van der Waals surface area contributed by atoms with Crippen molar-refractivity contribution in [3.05, 3.63) is 70.3 Å². The molecule has 46 heavy (non-hydrogen) atoms. The second-order valence-electron chi connectivity index (χ2n) is 12.9. The summed E-state index contributed by atoms with van der Waals surface area (Å²) >= 11 is 6.16. The molecule has 0 spiro atoms. The lowest BCUT2D eigenvalue weighted by atomic mass is 9.80. The Hall–Kier alpha value is -3.78. The average Bonchev–Trinajstić information content (AvgIpc) is 3.07. The quantitative estimate of drug-likeness (QED) is 0.251. The van der Waals surface area contributed by atoms with E-state index >= 15 is 0 Å².